The molecule has 5 nitrogen and oxygen atoms in total. The number of rotatable bonds is 7. The van der Waals surface area contributed by atoms with Crippen molar-refractivity contribution in [3.8, 4) is 5.75 Å². The maximum Gasteiger partial charge on any atom is 0.339 e. The van der Waals surface area contributed by atoms with E-state index in [1.165, 1.54) is 0 Å². The van der Waals surface area contributed by atoms with Crippen molar-refractivity contribution in [1.82, 2.24) is 0 Å². The molecule has 0 spiro atoms. The zero-order chi connectivity index (χ0) is 20.8. The van der Waals surface area contributed by atoms with Crippen molar-refractivity contribution in [2.45, 2.75) is 6.10 Å². The lowest BCUT2D eigenvalue weighted by Crippen LogP contribution is -2.20. The smallest absolute Gasteiger partial charge is 0.339 e. The summed E-state index contributed by atoms with van der Waals surface area (Å²) in [6, 6.07) is 22.8. The Bertz CT molecular complexity index is 964. The van der Waals surface area contributed by atoms with Crippen LogP contribution >= 0.6 is 0 Å². The Morgan fingerprint density at radius 2 is 1.38 bits per heavy atom. The highest BCUT2D eigenvalue weighted by atomic mass is 16.5. The fourth-order valence-corrected chi connectivity index (χ4v) is 2.88. The second-order valence-electron chi connectivity index (χ2n) is 6.73. The van der Waals surface area contributed by atoms with Crippen molar-refractivity contribution in [3.05, 3.63) is 95.6 Å². The van der Waals surface area contributed by atoms with Gasteiger partial charge in [-0.05, 0) is 48.5 Å². The molecule has 0 saturated carbocycles. The van der Waals surface area contributed by atoms with E-state index in [0.717, 1.165) is 5.69 Å². The number of carbonyl (C=O) groups is 2. The third kappa shape index (κ3) is 4.82. The van der Waals surface area contributed by atoms with Crippen LogP contribution in [-0.4, -0.2) is 33.0 Å². The second kappa shape index (κ2) is 9.06. The van der Waals surface area contributed by atoms with Crippen LogP contribution in [0.4, 0.5) is 5.69 Å². The Balaban J connectivity index is 1.87. The zero-order valence-electron chi connectivity index (χ0n) is 16.7. The molecule has 3 aromatic carbocycles. The maximum atomic E-state index is 13.1. The summed E-state index contributed by atoms with van der Waals surface area (Å²) in [6.45, 7) is 0. The summed E-state index contributed by atoms with van der Waals surface area (Å²) in [5.74, 6) is -0.195. The Labute approximate surface area is 170 Å². The Morgan fingerprint density at radius 1 is 0.793 bits per heavy atom. The molecule has 0 aromatic heterocycles. The number of hydrogen-bond acceptors (Lipinski definition) is 5. The first kappa shape index (κ1) is 20.1. The molecular formula is C24H23NO4. The first-order chi connectivity index (χ1) is 14.0. The van der Waals surface area contributed by atoms with Crippen molar-refractivity contribution in [1.29, 1.82) is 0 Å². The normalized spacial score (nSPS) is 11.4. The second-order valence-corrected chi connectivity index (χ2v) is 6.73. The summed E-state index contributed by atoms with van der Waals surface area (Å²) in [6.07, 6.45) is -1.04. The Hall–Kier alpha value is -3.60. The van der Waals surface area contributed by atoms with Crippen LogP contribution in [0, 0.1) is 0 Å². The quantitative estimate of drug-likeness (QED) is 0.439. The summed E-state index contributed by atoms with van der Waals surface area (Å²) in [5, 5.41) is 0. The van der Waals surface area contributed by atoms with Gasteiger partial charge >= 0.3 is 5.97 Å². The van der Waals surface area contributed by atoms with Gasteiger partial charge in [-0.2, -0.15) is 0 Å². The van der Waals surface area contributed by atoms with E-state index in [1.807, 2.05) is 49.3 Å². The number of anilines is 1. The van der Waals surface area contributed by atoms with Gasteiger partial charge in [0, 0.05) is 30.9 Å². The predicted molar refractivity (Wildman–Crippen MR) is 113 cm³/mol. The fourth-order valence-electron chi connectivity index (χ4n) is 2.88. The van der Waals surface area contributed by atoms with Crippen LogP contribution < -0.4 is 9.64 Å². The molecule has 0 N–H and O–H groups in total. The molecule has 5 heteroatoms. The lowest BCUT2D eigenvalue weighted by molar-refractivity contribution is 0.0280. The third-order valence-electron chi connectivity index (χ3n) is 4.56. The highest BCUT2D eigenvalue weighted by Gasteiger charge is 2.26. The van der Waals surface area contributed by atoms with Gasteiger partial charge in [0.05, 0.1) is 12.7 Å². The van der Waals surface area contributed by atoms with E-state index in [0.29, 0.717) is 22.4 Å². The summed E-state index contributed by atoms with van der Waals surface area (Å²) in [7, 11) is 5.41. The van der Waals surface area contributed by atoms with Gasteiger partial charge in [-0.1, -0.05) is 30.3 Å². The topological polar surface area (TPSA) is 55.8 Å². The van der Waals surface area contributed by atoms with E-state index in [-0.39, 0.29) is 5.78 Å². The van der Waals surface area contributed by atoms with Crippen molar-refractivity contribution >= 4 is 17.4 Å². The molecule has 0 saturated heterocycles. The Morgan fingerprint density at radius 3 is 1.93 bits per heavy atom. The third-order valence-corrected chi connectivity index (χ3v) is 4.56. The maximum absolute atomic E-state index is 13.1. The number of methoxy groups -OCH3 is 1. The molecule has 148 valence electrons. The number of carbonyl (C=O) groups excluding carboxylic acids is 2. The average Bonchev–Trinajstić information content (AvgIpc) is 2.77. The van der Waals surface area contributed by atoms with Crippen molar-refractivity contribution < 1.29 is 19.1 Å². The molecule has 0 heterocycles. The summed E-state index contributed by atoms with van der Waals surface area (Å²) >= 11 is 0. The molecule has 29 heavy (non-hydrogen) atoms. The molecule has 0 unspecified atom stereocenters. The average molecular weight is 389 g/mol. The van der Waals surface area contributed by atoms with Crippen LogP contribution in [0.5, 0.6) is 5.75 Å². The number of ether oxygens (including phenoxy) is 2. The molecule has 3 aromatic rings. The van der Waals surface area contributed by atoms with Crippen LogP contribution in [0.15, 0.2) is 78.9 Å². The number of esters is 1. The van der Waals surface area contributed by atoms with Crippen LogP contribution in [0.2, 0.25) is 0 Å². The molecule has 1 atom stereocenters. The number of hydrogen-bond donors (Lipinski definition) is 0. The van der Waals surface area contributed by atoms with Crippen LogP contribution in [0.1, 0.15) is 32.4 Å². The van der Waals surface area contributed by atoms with E-state index in [1.54, 1.807) is 55.6 Å². The predicted octanol–water partition coefficient (Wildman–Crippen LogP) is 4.54. The molecule has 0 aliphatic rings. The number of Topliss-reactive ketones (excluding diaryl/α,β-unsaturated/α-hetero) is 1. The highest BCUT2D eigenvalue weighted by molar-refractivity contribution is 6.02. The van der Waals surface area contributed by atoms with Gasteiger partial charge in [0.25, 0.3) is 0 Å². The van der Waals surface area contributed by atoms with Crippen LogP contribution in [-0.2, 0) is 4.74 Å². The van der Waals surface area contributed by atoms with E-state index >= 15 is 0 Å². The summed E-state index contributed by atoms with van der Waals surface area (Å²) in [5.41, 5.74) is 2.41. The fraction of sp³-hybridized carbons (Fsp3) is 0.167. The van der Waals surface area contributed by atoms with Crippen LogP contribution in [0.25, 0.3) is 0 Å². The van der Waals surface area contributed by atoms with E-state index in [2.05, 4.69) is 0 Å². The van der Waals surface area contributed by atoms with Gasteiger partial charge in [0.1, 0.15) is 5.75 Å². The van der Waals surface area contributed by atoms with Crippen LogP contribution in [0.3, 0.4) is 0 Å². The van der Waals surface area contributed by atoms with E-state index in [9.17, 15) is 9.59 Å². The van der Waals surface area contributed by atoms with Crippen molar-refractivity contribution in [2.24, 2.45) is 0 Å². The zero-order valence-corrected chi connectivity index (χ0v) is 16.7. The van der Waals surface area contributed by atoms with Gasteiger partial charge in [0.15, 0.2) is 6.10 Å². The summed E-state index contributed by atoms with van der Waals surface area (Å²) < 4.78 is 10.8. The van der Waals surface area contributed by atoms with Crippen molar-refractivity contribution in [2.75, 3.05) is 26.1 Å². The van der Waals surface area contributed by atoms with Gasteiger partial charge in [-0.15, -0.1) is 0 Å². The largest absolute Gasteiger partial charge is 0.497 e. The molecule has 0 fully saturated rings. The minimum Gasteiger partial charge on any atom is -0.497 e. The molecule has 3 rings (SSSR count). The Kier molecular flexibility index (Phi) is 6.29. The van der Waals surface area contributed by atoms with Gasteiger partial charge in [0.2, 0.25) is 5.78 Å². The number of ketones is 1. The lowest BCUT2D eigenvalue weighted by Gasteiger charge is -2.18. The summed E-state index contributed by atoms with van der Waals surface area (Å²) in [4.78, 5) is 27.8. The SMILES string of the molecule is COc1ccc(C(=O)[C@H](OC(=O)c2ccc(N(C)C)cc2)c2ccccc2)cc1. The van der Waals surface area contributed by atoms with Gasteiger partial charge < -0.3 is 14.4 Å². The highest BCUT2D eigenvalue weighted by Crippen LogP contribution is 2.25. The molecular weight excluding hydrogens is 366 g/mol. The minimum atomic E-state index is -1.04. The molecule has 0 bridgehead atoms. The van der Waals surface area contributed by atoms with Crippen molar-refractivity contribution in [3.63, 3.8) is 0 Å². The standard InChI is InChI=1S/C24H23NO4/c1-25(2)20-13-9-19(10-14-20)24(27)29-23(18-7-5-4-6-8-18)22(26)17-11-15-21(28-3)16-12-17/h4-16,23H,1-3H3/t23-/m1/s1. The molecule has 0 radical (unpaired) electrons. The molecule has 0 aliphatic heterocycles. The van der Waals surface area contributed by atoms with E-state index in [4.69, 9.17) is 9.47 Å². The van der Waals surface area contributed by atoms with Gasteiger partial charge in [-0.25, -0.2) is 4.79 Å². The monoisotopic (exact) mass is 389 g/mol. The molecule has 0 aliphatic carbocycles. The van der Waals surface area contributed by atoms with Gasteiger partial charge in [-0.3, -0.25) is 4.79 Å². The number of nitrogens with zero attached hydrogens (tertiary/aromatic N) is 1. The first-order valence-corrected chi connectivity index (χ1v) is 9.21. The minimum absolute atomic E-state index is 0.294. The lowest BCUT2D eigenvalue weighted by atomic mass is 9.99. The van der Waals surface area contributed by atoms with E-state index < -0.39 is 12.1 Å². The molecule has 0 amide bonds. The number of benzene rings is 3. The first-order valence-electron chi connectivity index (χ1n) is 9.21.